The Morgan fingerprint density at radius 1 is 1.52 bits per heavy atom. The van der Waals surface area contributed by atoms with Crippen LogP contribution in [0.1, 0.15) is 27.2 Å². The highest BCUT2D eigenvalue weighted by Crippen LogP contribution is 2.26. The fraction of sp³-hybridized carbons (Fsp3) is 0.529. The van der Waals surface area contributed by atoms with Crippen LogP contribution in [0.15, 0.2) is 40.2 Å². The van der Waals surface area contributed by atoms with Crippen molar-refractivity contribution in [1.29, 1.82) is 0 Å². The highest BCUT2D eigenvalue weighted by molar-refractivity contribution is 6.08. The van der Waals surface area contributed by atoms with Crippen LogP contribution in [0.2, 0.25) is 0 Å². The van der Waals surface area contributed by atoms with Gasteiger partial charge < -0.3 is 10.6 Å². The van der Waals surface area contributed by atoms with Crippen LogP contribution in [0.3, 0.4) is 0 Å². The van der Waals surface area contributed by atoms with Crippen LogP contribution in [-0.2, 0) is 9.63 Å². The van der Waals surface area contributed by atoms with Crippen molar-refractivity contribution < 1.29 is 9.63 Å². The SMILES string of the molecule is CC/C=C1\C(C(=O)NOC)=CC(/C(=N/C)C(C)C(C)N)=CN1C. The lowest BCUT2D eigenvalue weighted by atomic mass is 9.90. The van der Waals surface area contributed by atoms with Crippen molar-refractivity contribution in [2.24, 2.45) is 16.6 Å². The first-order valence-corrected chi connectivity index (χ1v) is 7.80. The average molecular weight is 320 g/mol. The number of hydroxylamine groups is 1. The Hall–Kier alpha value is -1.92. The van der Waals surface area contributed by atoms with Crippen LogP contribution < -0.4 is 11.2 Å². The number of nitrogens with zero attached hydrogens (tertiary/aromatic N) is 2. The number of allylic oxidation sites excluding steroid dienone is 3. The lowest BCUT2D eigenvalue weighted by Crippen LogP contribution is -2.34. The van der Waals surface area contributed by atoms with Crippen molar-refractivity contribution in [2.45, 2.75) is 33.2 Å². The summed E-state index contributed by atoms with van der Waals surface area (Å²) >= 11 is 0. The van der Waals surface area contributed by atoms with Gasteiger partial charge in [-0.15, -0.1) is 0 Å². The van der Waals surface area contributed by atoms with Gasteiger partial charge in [-0.25, -0.2) is 5.48 Å². The van der Waals surface area contributed by atoms with E-state index >= 15 is 0 Å². The maximum Gasteiger partial charge on any atom is 0.276 e. The molecule has 0 aromatic heterocycles. The van der Waals surface area contributed by atoms with E-state index in [-0.39, 0.29) is 17.9 Å². The molecule has 2 atom stereocenters. The van der Waals surface area contributed by atoms with Crippen molar-refractivity contribution in [3.8, 4) is 0 Å². The Balaban J connectivity index is 3.32. The largest absolute Gasteiger partial charge is 0.350 e. The van der Waals surface area contributed by atoms with Crippen LogP contribution in [0.25, 0.3) is 0 Å². The Labute approximate surface area is 138 Å². The molecule has 0 spiro atoms. The quantitative estimate of drug-likeness (QED) is 0.577. The predicted octanol–water partition coefficient (Wildman–Crippen LogP) is 1.77. The van der Waals surface area contributed by atoms with Crippen molar-refractivity contribution in [3.05, 3.63) is 35.2 Å². The Kier molecular flexibility index (Phi) is 7.19. The highest BCUT2D eigenvalue weighted by atomic mass is 16.6. The molecule has 0 radical (unpaired) electrons. The molecular formula is C17H28N4O2. The number of amides is 1. The summed E-state index contributed by atoms with van der Waals surface area (Å²) < 4.78 is 0. The summed E-state index contributed by atoms with van der Waals surface area (Å²) in [5.74, 6) is -0.201. The van der Waals surface area contributed by atoms with Gasteiger partial charge in [-0.1, -0.05) is 19.9 Å². The molecule has 0 fully saturated rings. The van der Waals surface area contributed by atoms with E-state index in [1.165, 1.54) is 7.11 Å². The molecule has 0 saturated carbocycles. The molecule has 128 valence electrons. The van der Waals surface area contributed by atoms with E-state index in [0.29, 0.717) is 5.57 Å². The lowest BCUT2D eigenvalue weighted by molar-refractivity contribution is -0.127. The maximum absolute atomic E-state index is 12.3. The first kappa shape index (κ1) is 19.1. The number of hydrogen-bond acceptors (Lipinski definition) is 5. The minimum absolute atomic E-state index is 0.0304. The third kappa shape index (κ3) is 4.53. The van der Waals surface area contributed by atoms with Gasteiger partial charge >= 0.3 is 0 Å². The number of carbonyl (C=O) groups excluding carboxylic acids is 1. The van der Waals surface area contributed by atoms with Gasteiger partial charge in [-0.05, 0) is 19.4 Å². The third-order valence-electron chi connectivity index (χ3n) is 3.88. The van der Waals surface area contributed by atoms with Crippen molar-refractivity contribution in [3.63, 3.8) is 0 Å². The minimum atomic E-state index is -0.284. The van der Waals surface area contributed by atoms with Crippen molar-refractivity contribution >= 4 is 11.6 Å². The van der Waals surface area contributed by atoms with E-state index in [9.17, 15) is 4.79 Å². The van der Waals surface area contributed by atoms with E-state index in [0.717, 1.165) is 23.4 Å². The number of nitrogens with two attached hydrogens (primary N) is 1. The maximum atomic E-state index is 12.3. The molecule has 2 unspecified atom stereocenters. The van der Waals surface area contributed by atoms with E-state index in [1.54, 1.807) is 7.05 Å². The van der Waals surface area contributed by atoms with Gasteiger partial charge in [0.05, 0.1) is 12.7 Å². The van der Waals surface area contributed by atoms with Gasteiger partial charge in [0.25, 0.3) is 5.91 Å². The van der Waals surface area contributed by atoms with Crippen LogP contribution in [-0.4, -0.2) is 43.8 Å². The first-order chi connectivity index (χ1) is 10.9. The summed E-state index contributed by atoms with van der Waals surface area (Å²) in [7, 11) is 5.08. The highest BCUT2D eigenvalue weighted by Gasteiger charge is 2.25. The number of likely N-dealkylation sites (N-methyl/N-ethyl adjacent to an activating group) is 1. The van der Waals surface area contributed by atoms with Crippen molar-refractivity contribution in [2.75, 3.05) is 21.2 Å². The third-order valence-corrected chi connectivity index (χ3v) is 3.88. The monoisotopic (exact) mass is 320 g/mol. The summed E-state index contributed by atoms with van der Waals surface area (Å²) in [6.45, 7) is 6.02. The second-order valence-corrected chi connectivity index (χ2v) is 5.64. The topological polar surface area (TPSA) is 79.9 Å². The van der Waals surface area contributed by atoms with Crippen molar-refractivity contribution in [1.82, 2.24) is 10.4 Å². The van der Waals surface area contributed by atoms with Gasteiger partial charge in [0.15, 0.2) is 0 Å². The predicted molar refractivity (Wildman–Crippen MR) is 93.6 cm³/mol. The zero-order chi connectivity index (χ0) is 17.6. The normalized spacial score (nSPS) is 20.0. The van der Waals surface area contributed by atoms with E-state index in [4.69, 9.17) is 10.6 Å². The molecule has 1 rings (SSSR count). The molecule has 6 heteroatoms. The van der Waals surface area contributed by atoms with Crippen LogP contribution in [0, 0.1) is 5.92 Å². The zero-order valence-electron chi connectivity index (χ0n) is 14.9. The fourth-order valence-electron chi connectivity index (χ4n) is 2.50. The number of carbonyl (C=O) groups is 1. The Bertz CT molecular complexity index is 559. The smallest absolute Gasteiger partial charge is 0.276 e. The van der Waals surface area contributed by atoms with Gasteiger partial charge in [-0.2, -0.15) is 0 Å². The average Bonchev–Trinajstić information content (AvgIpc) is 2.50. The number of rotatable bonds is 6. The molecular weight excluding hydrogens is 292 g/mol. The molecule has 0 bridgehead atoms. The van der Waals surface area contributed by atoms with Gasteiger partial charge in [-0.3, -0.25) is 14.6 Å². The van der Waals surface area contributed by atoms with Gasteiger partial charge in [0, 0.05) is 49.2 Å². The molecule has 3 N–H and O–H groups in total. The Morgan fingerprint density at radius 3 is 2.65 bits per heavy atom. The molecule has 6 nitrogen and oxygen atoms in total. The molecule has 1 heterocycles. The Morgan fingerprint density at radius 2 is 2.17 bits per heavy atom. The van der Waals surface area contributed by atoms with Crippen LogP contribution in [0.5, 0.6) is 0 Å². The van der Waals surface area contributed by atoms with Gasteiger partial charge in [0.1, 0.15) is 0 Å². The number of aliphatic imine (C=N–C) groups is 1. The zero-order valence-corrected chi connectivity index (χ0v) is 14.9. The molecule has 0 saturated heterocycles. The summed E-state index contributed by atoms with van der Waals surface area (Å²) in [4.78, 5) is 23.4. The summed E-state index contributed by atoms with van der Waals surface area (Å²) in [6.07, 6.45) is 6.65. The van der Waals surface area contributed by atoms with Gasteiger partial charge in [0.2, 0.25) is 0 Å². The standard InChI is InChI=1S/C17H28N4O2/c1-7-8-15-14(17(22)20-23-6)9-13(10-21(15)5)16(19-4)11(2)12(3)18/h8-12H,7,18H2,1-6H3,(H,20,22)/b15-8+,19-16+. The molecule has 1 aliphatic heterocycles. The number of nitrogens with one attached hydrogen (secondary N) is 1. The lowest BCUT2D eigenvalue weighted by Gasteiger charge is -2.28. The fourth-order valence-corrected chi connectivity index (χ4v) is 2.50. The van der Waals surface area contributed by atoms with Crippen LogP contribution >= 0.6 is 0 Å². The summed E-state index contributed by atoms with van der Waals surface area (Å²) in [5.41, 5.74) is 11.6. The minimum Gasteiger partial charge on any atom is -0.350 e. The first-order valence-electron chi connectivity index (χ1n) is 7.80. The summed E-state index contributed by atoms with van der Waals surface area (Å²) in [5, 5.41) is 0. The number of hydrogen-bond donors (Lipinski definition) is 2. The summed E-state index contributed by atoms with van der Waals surface area (Å²) in [6, 6.07) is -0.0304. The molecule has 23 heavy (non-hydrogen) atoms. The van der Waals surface area contributed by atoms with E-state index < -0.39 is 0 Å². The van der Waals surface area contributed by atoms with E-state index in [2.05, 4.69) is 10.5 Å². The molecule has 0 aliphatic carbocycles. The molecule has 1 amide bonds. The molecule has 1 aliphatic rings. The second kappa shape index (κ2) is 8.64. The molecule has 0 aromatic rings. The molecule has 0 aromatic carbocycles. The van der Waals surface area contributed by atoms with Crippen LogP contribution in [0.4, 0.5) is 0 Å². The van der Waals surface area contributed by atoms with E-state index in [1.807, 2.05) is 51.1 Å². The second-order valence-electron chi connectivity index (χ2n) is 5.64.